The van der Waals surface area contributed by atoms with Gasteiger partial charge in [0.15, 0.2) is 0 Å². The number of nitro groups is 1. The lowest BCUT2D eigenvalue weighted by Gasteiger charge is -2.26. The van der Waals surface area contributed by atoms with Crippen LogP contribution in [-0.2, 0) is 6.54 Å². The molecular weight excluding hydrogens is 243 g/mol. The van der Waals surface area contributed by atoms with Crippen LogP contribution in [0, 0.1) is 15.9 Å². The monoisotopic (exact) mass is 258 g/mol. The number of hydrogen-bond acceptors (Lipinski definition) is 5. The second-order valence-corrected chi connectivity index (χ2v) is 4.27. The number of nitrogens with zero attached hydrogens (tertiary/aromatic N) is 1. The van der Waals surface area contributed by atoms with E-state index in [1.165, 1.54) is 6.07 Å². The Kier molecular flexibility index (Phi) is 4.71. The van der Waals surface area contributed by atoms with E-state index in [1.54, 1.807) is 6.92 Å². The molecule has 0 bridgehead atoms. The van der Waals surface area contributed by atoms with Gasteiger partial charge in [-0.2, -0.15) is 4.39 Å². The maximum atomic E-state index is 13.3. The zero-order chi connectivity index (χ0) is 13.8. The minimum absolute atomic E-state index is 0.187. The molecule has 0 atom stereocenters. The van der Waals surface area contributed by atoms with Crippen LogP contribution in [-0.4, -0.2) is 33.9 Å². The van der Waals surface area contributed by atoms with Crippen LogP contribution in [0.1, 0.15) is 12.5 Å². The predicted molar refractivity (Wildman–Crippen MR) is 62.5 cm³/mol. The van der Waals surface area contributed by atoms with Gasteiger partial charge in [0.25, 0.3) is 0 Å². The van der Waals surface area contributed by atoms with E-state index in [0.29, 0.717) is 5.56 Å². The molecule has 0 aliphatic rings. The Bertz CT molecular complexity index is 435. The lowest BCUT2D eigenvalue weighted by Crippen LogP contribution is -2.48. The van der Waals surface area contributed by atoms with Crippen molar-refractivity contribution in [2.24, 2.45) is 0 Å². The molecule has 1 aromatic carbocycles. The molecule has 0 heterocycles. The molecule has 0 aliphatic carbocycles. The lowest BCUT2D eigenvalue weighted by atomic mass is 10.0. The van der Waals surface area contributed by atoms with Crippen molar-refractivity contribution in [3.8, 4) is 0 Å². The molecule has 7 heteroatoms. The Morgan fingerprint density at radius 1 is 1.44 bits per heavy atom. The Balaban J connectivity index is 2.75. The minimum Gasteiger partial charge on any atom is -0.394 e. The van der Waals surface area contributed by atoms with Gasteiger partial charge in [0.2, 0.25) is 5.82 Å². The summed E-state index contributed by atoms with van der Waals surface area (Å²) in [6, 6.07) is 3.56. The van der Waals surface area contributed by atoms with E-state index < -0.39 is 22.0 Å². The van der Waals surface area contributed by atoms with Gasteiger partial charge in [0.1, 0.15) is 0 Å². The van der Waals surface area contributed by atoms with Crippen LogP contribution in [0.4, 0.5) is 10.1 Å². The number of nitro benzene ring substituents is 1. The van der Waals surface area contributed by atoms with E-state index in [9.17, 15) is 14.5 Å². The Labute approximate surface area is 103 Å². The second kappa shape index (κ2) is 5.85. The molecule has 1 rings (SSSR count). The average Bonchev–Trinajstić information content (AvgIpc) is 2.35. The van der Waals surface area contributed by atoms with Crippen molar-refractivity contribution in [1.29, 1.82) is 0 Å². The van der Waals surface area contributed by atoms with Gasteiger partial charge < -0.3 is 15.5 Å². The van der Waals surface area contributed by atoms with Gasteiger partial charge in [-0.25, -0.2) is 0 Å². The normalized spacial score (nSPS) is 11.6. The Hall–Kier alpha value is -1.57. The third-order valence-electron chi connectivity index (χ3n) is 2.63. The standard InChI is InChI=1S/C11H15FN2O4/c1-11(6-15,7-16)13-5-8-2-3-10(14(17)18)9(12)4-8/h2-4,13,15-16H,5-7H2,1H3. The average molecular weight is 258 g/mol. The highest BCUT2D eigenvalue weighted by Crippen LogP contribution is 2.18. The number of rotatable bonds is 6. The van der Waals surface area contributed by atoms with Crippen LogP contribution in [0.15, 0.2) is 18.2 Å². The topological polar surface area (TPSA) is 95.6 Å². The molecule has 0 fully saturated rings. The summed E-state index contributed by atoms with van der Waals surface area (Å²) >= 11 is 0. The SMILES string of the molecule is CC(CO)(CO)NCc1ccc([N+](=O)[O-])c(F)c1. The highest BCUT2D eigenvalue weighted by Gasteiger charge is 2.21. The molecular formula is C11H15FN2O4. The van der Waals surface area contributed by atoms with Crippen molar-refractivity contribution >= 4 is 5.69 Å². The van der Waals surface area contributed by atoms with Crippen LogP contribution in [0.3, 0.4) is 0 Å². The third-order valence-corrected chi connectivity index (χ3v) is 2.63. The number of aliphatic hydroxyl groups is 2. The first-order chi connectivity index (χ1) is 8.41. The number of benzene rings is 1. The molecule has 0 unspecified atom stereocenters. The summed E-state index contributed by atoms with van der Waals surface area (Å²) in [5.74, 6) is -0.908. The van der Waals surface area contributed by atoms with Gasteiger partial charge in [-0.1, -0.05) is 6.07 Å². The molecule has 0 aliphatic heterocycles. The van der Waals surface area contributed by atoms with E-state index in [4.69, 9.17) is 10.2 Å². The first-order valence-electron chi connectivity index (χ1n) is 5.31. The van der Waals surface area contributed by atoms with Crippen molar-refractivity contribution < 1.29 is 19.5 Å². The summed E-state index contributed by atoms with van der Waals surface area (Å²) in [6.45, 7) is 1.24. The predicted octanol–water partition coefficient (Wildman–Crippen LogP) is 0.567. The molecule has 0 spiro atoms. The number of halogens is 1. The van der Waals surface area contributed by atoms with Crippen molar-refractivity contribution in [2.45, 2.75) is 19.0 Å². The van der Waals surface area contributed by atoms with Crippen molar-refractivity contribution in [2.75, 3.05) is 13.2 Å². The van der Waals surface area contributed by atoms with Gasteiger partial charge in [-0.15, -0.1) is 0 Å². The number of aliphatic hydroxyl groups excluding tert-OH is 2. The largest absolute Gasteiger partial charge is 0.394 e. The molecule has 1 aromatic rings. The molecule has 0 saturated carbocycles. The minimum atomic E-state index is -0.908. The fraction of sp³-hybridized carbons (Fsp3) is 0.455. The zero-order valence-corrected chi connectivity index (χ0v) is 9.89. The van der Waals surface area contributed by atoms with Gasteiger partial charge in [-0.05, 0) is 18.6 Å². The van der Waals surface area contributed by atoms with E-state index in [2.05, 4.69) is 5.32 Å². The van der Waals surface area contributed by atoms with Gasteiger partial charge >= 0.3 is 5.69 Å². The van der Waals surface area contributed by atoms with Gasteiger partial charge in [0.05, 0.1) is 23.7 Å². The summed E-state index contributed by atoms with van der Waals surface area (Å²) in [5, 5.41) is 31.4. The maximum absolute atomic E-state index is 13.3. The van der Waals surface area contributed by atoms with Crippen LogP contribution in [0.25, 0.3) is 0 Å². The lowest BCUT2D eigenvalue weighted by molar-refractivity contribution is -0.387. The van der Waals surface area contributed by atoms with Gasteiger partial charge in [-0.3, -0.25) is 10.1 Å². The maximum Gasteiger partial charge on any atom is 0.304 e. The second-order valence-electron chi connectivity index (χ2n) is 4.27. The molecule has 0 amide bonds. The highest BCUT2D eigenvalue weighted by molar-refractivity contribution is 5.35. The number of hydrogen-bond donors (Lipinski definition) is 3. The van der Waals surface area contributed by atoms with E-state index >= 15 is 0 Å². The summed E-state index contributed by atoms with van der Waals surface area (Å²) in [5.41, 5.74) is -0.963. The smallest absolute Gasteiger partial charge is 0.304 e. The summed E-state index contributed by atoms with van der Waals surface area (Å²) in [6.07, 6.45) is 0. The third kappa shape index (κ3) is 3.46. The molecule has 0 saturated heterocycles. The van der Waals surface area contributed by atoms with Crippen molar-refractivity contribution in [3.05, 3.63) is 39.7 Å². The highest BCUT2D eigenvalue weighted by atomic mass is 19.1. The Morgan fingerprint density at radius 2 is 2.06 bits per heavy atom. The summed E-state index contributed by atoms with van der Waals surface area (Å²) < 4.78 is 13.3. The molecule has 0 aromatic heterocycles. The van der Waals surface area contributed by atoms with Crippen molar-refractivity contribution in [3.63, 3.8) is 0 Å². The molecule has 6 nitrogen and oxygen atoms in total. The number of nitrogens with one attached hydrogen (secondary N) is 1. The molecule has 100 valence electrons. The molecule has 18 heavy (non-hydrogen) atoms. The van der Waals surface area contributed by atoms with Crippen LogP contribution in [0.5, 0.6) is 0 Å². The van der Waals surface area contributed by atoms with Crippen LogP contribution < -0.4 is 5.32 Å². The molecule has 0 radical (unpaired) electrons. The summed E-state index contributed by atoms with van der Waals surface area (Å²) in [4.78, 5) is 9.63. The van der Waals surface area contributed by atoms with Crippen LogP contribution in [0.2, 0.25) is 0 Å². The van der Waals surface area contributed by atoms with Gasteiger partial charge in [0, 0.05) is 12.6 Å². The zero-order valence-electron chi connectivity index (χ0n) is 9.89. The van der Waals surface area contributed by atoms with Crippen molar-refractivity contribution in [1.82, 2.24) is 5.32 Å². The van der Waals surface area contributed by atoms with E-state index in [-0.39, 0.29) is 19.8 Å². The fourth-order valence-electron chi connectivity index (χ4n) is 1.29. The van der Waals surface area contributed by atoms with E-state index in [1.807, 2.05) is 0 Å². The summed E-state index contributed by atoms with van der Waals surface area (Å²) in [7, 11) is 0. The molecule has 3 N–H and O–H groups in total. The quantitative estimate of drug-likeness (QED) is 0.512. The van der Waals surface area contributed by atoms with E-state index in [0.717, 1.165) is 12.1 Å². The first kappa shape index (κ1) is 14.5. The fourth-order valence-corrected chi connectivity index (χ4v) is 1.29. The first-order valence-corrected chi connectivity index (χ1v) is 5.31. The Morgan fingerprint density at radius 3 is 2.50 bits per heavy atom. The van der Waals surface area contributed by atoms with Crippen LogP contribution >= 0.6 is 0 Å².